The Kier molecular flexibility index (Phi) is 5.59. The van der Waals surface area contributed by atoms with Gasteiger partial charge in [-0.05, 0) is 42.5 Å². The first-order valence-corrected chi connectivity index (χ1v) is 10.1. The lowest BCUT2D eigenvalue weighted by molar-refractivity contribution is -0.125. The van der Waals surface area contributed by atoms with Crippen LogP contribution in [0.4, 0.5) is 0 Å². The zero-order valence-corrected chi connectivity index (χ0v) is 17.8. The molecule has 1 saturated heterocycles. The van der Waals surface area contributed by atoms with Gasteiger partial charge in [0, 0.05) is 24.6 Å². The second-order valence-corrected chi connectivity index (χ2v) is 7.70. The smallest absolute Gasteiger partial charge is 0.246 e. The zero-order valence-electron chi connectivity index (χ0n) is 17.8. The van der Waals surface area contributed by atoms with Crippen molar-refractivity contribution in [3.05, 3.63) is 53.6 Å². The van der Waals surface area contributed by atoms with Gasteiger partial charge in [0.1, 0.15) is 28.6 Å². The van der Waals surface area contributed by atoms with Crippen LogP contribution in [0.1, 0.15) is 28.8 Å². The van der Waals surface area contributed by atoms with Gasteiger partial charge < -0.3 is 23.8 Å². The van der Waals surface area contributed by atoms with E-state index >= 15 is 0 Å². The second kappa shape index (κ2) is 8.34. The molecule has 2 aliphatic rings. The molecule has 1 unspecified atom stereocenters. The number of likely N-dealkylation sites (tertiary alicyclic amines) is 1. The fourth-order valence-electron chi connectivity index (χ4n) is 4.10. The maximum absolute atomic E-state index is 12.8. The first-order chi connectivity index (χ1) is 15.0. The summed E-state index contributed by atoms with van der Waals surface area (Å²) in [7, 11) is 4.73. The Hall–Kier alpha value is -3.48. The van der Waals surface area contributed by atoms with Gasteiger partial charge >= 0.3 is 0 Å². The number of amides is 1. The van der Waals surface area contributed by atoms with Crippen molar-refractivity contribution in [2.75, 3.05) is 34.4 Å². The van der Waals surface area contributed by atoms with Crippen LogP contribution in [-0.2, 0) is 4.79 Å². The highest BCUT2D eigenvalue weighted by Gasteiger charge is 2.46. The topological polar surface area (TPSA) is 74.3 Å². The molecule has 0 radical (unpaired) electrons. The minimum atomic E-state index is -0.685. The molecule has 0 aliphatic carbocycles. The third-order valence-corrected chi connectivity index (χ3v) is 5.77. The molecule has 2 aromatic rings. The molecule has 4 rings (SSSR count). The molecule has 1 amide bonds. The largest absolute Gasteiger partial charge is 0.497 e. The molecule has 1 fully saturated rings. The molecule has 0 saturated carbocycles. The molecule has 1 spiro atoms. The number of ether oxygens (including phenoxy) is 4. The van der Waals surface area contributed by atoms with Gasteiger partial charge in [0.2, 0.25) is 5.91 Å². The number of carbonyl (C=O) groups is 2. The number of rotatable bonds is 5. The van der Waals surface area contributed by atoms with Gasteiger partial charge in [-0.2, -0.15) is 0 Å². The monoisotopic (exact) mass is 423 g/mol. The van der Waals surface area contributed by atoms with Crippen LogP contribution in [0.15, 0.2) is 42.5 Å². The molecule has 0 aromatic heterocycles. The summed E-state index contributed by atoms with van der Waals surface area (Å²) in [4.78, 5) is 27.3. The number of fused-ring (bicyclic) bond motifs is 1. The van der Waals surface area contributed by atoms with Gasteiger partial charge in [0.05, 0.1) is 39.9 Å². The SMILES string of the molecule is COc1ccc(OC)c(/C=C/C(=O)N2CCC3(CC(=O)c4cc(OC)ccc4O3)C2)c1. The van der Waals surface area contributed by atoms with E-state index in [4.69, 9.17) is 18.9 Å². The Balaban J connectivity index is 1.48. The summed E-state index contributed by atoms with van der Waals surface area (Å²) in [6.45, 7) is 0.889. The van der Waals surface area contributed by atoms with Gasteiger partial charge in [-0.3, -0.25) is 9.59 Å². The third kappa shape index (κ3) is 4.08. The highest BCUT2D eigenvalue weighted by Crippen LogP contribution is 2.40. The highest BCUT2D eigenvalue weighted by atomic mass is 16.5. The van der Waals surface area contributed by atoms with E-state index in [0.717, 1.165) is 5.56 Å². The number of methoxy groups -OCH3 is 3. The summed E-state index contributed by atoms with van der Waals surface area (Å²) in [5, 5.41) is 0. The second-order valence-electron chi connectivity index (χ2n) is 7.70. The molecule has 162 valence electrons. The van der Waals surface area contributed by atoms with Crippen molar-refractivity contribution < 1.29 is 28.5 Å². The maximum atomic E-state index is 12.8. The standard InChI is InChI=1S/C24H25NO6/c1-28-17-5-7-21(30-3)16(12-17)4-9-23(27)25-11-10-24(15-25)14-20(26)19-13-18(29-2)6-8-22(19)31-24/h4-9,12-13H,10-11,14-15H2,1-3H3/b9-4+. The van der Waals surface area contributed by atoms with Crippen LogP contribution >= 0.6 is 0 Å². The molecule has 2 aliphatic heterocycles. The van der Waals surface area contributed by atoms with Crippen LogP contribution in [0.5, 0.6) is 23.0 Å². The molecule has 0 N–H and O–H groups in total. The normalized spacial score (nSPS) is 20.0. The molecule has 31 heavy (non-hydrogen) atoms. The Labute approximate surface area is 181 Å². The van der Waals surface area contributed by atoms with Crippen LogP contribution in [0.2, 0.25) is 0 Å². The Morgan fingerprint density at radius 3 is 2.55 bits per heavy atom. The van der Waals surface area contributed by atoms with Crippen LogP contribution < -0.4 is 18.9 Å². The van der Waals surface area contributed by atoms with Gasteiger partial charge in [-0.1, -0.05) is 0 Å². The average molecular weight is 423 g/mol. The Morgan fingerprint density at radius 1 is 1.06 bits per heavy atom. The minimum Gasteiger partial charge on any atom is -0.497 e. The van der Waals surface area contributed by atoms with E-state index < -0.39 is 5.60 Å². The first kappa shape index (κ1) is 20.8. The van der Waals surface area contributed by atoms with Crippen molar-refractivity contribution in [2.24, 2.45) is 0 Å². The van der Waals surface area contributed by atoms with Crippen LogP contribution in [0.25, 0.3) is 6.08 Å². The molecule has 1 atom stereocenters. The Morgan fingerprint density at radius 2 is 1.81 bits per heavy atom. The maximum Gasteiger partial charge on any atom is 0.246 e. The van der Waals surface area contributed by atoms with E-state index in [1.165, 1.54) is 6.08 Å². The fourth-order valence-corrected chi connectivity index (χ4v) is 4.10. The quantitative estimate of drug-likeness (QED) is 0.687. The van der Waals surface area contributed by atoms with E-state index in [1.54, 1.807) is 62.6 Å². The van der Waals surface area contributed by atoms with Gasteiger partial charge in [0.25, 0.3) is 0 Å². The lowest BCUT2D eigenvalue weighted by atomic mass is 9.89. The van der Waals surface area contributed by atoms with E-state index in [0.29, 0.717) is 48.1 Å². The Bertz CT molecular complexity index is 1050. The van der Waals surface area contributed by atoms with Crippen LogP contribution in [0, 0.1) is 0 Å². The lowest BCUT2D eigenvalue weighted by Crippen LogP contribution is -2.45. The van der Waals surface area contributed by atoms with Gasteiger partial charge in [0.15, 0.2) is 5.78 Å². The number of nitrogens with zero attached hydrogens (tertiary/aromatic N) is 1. The van der Waals surface area contributed by atoms with Crippen molar-refractivity contribution in [3.63, 3.8) is 0 Å². The van der Waals surface area contributed by atoms with Crippen molar-refractivity contribution >= 4 is 17.8 Å². The highest BCUT2D eigenvalue weighted by molar-refractivity contribution is 6.01. The van der Waals surface area contributed by atoms with E-state index in [2.05, 4.69) is 0 Å². The summed E-state index contributed by atoms with van der Waals surface area (Å²) < 4.78 is 22.0. The average Bonchev–Trinajstić information content (AvgIpc) is 3.19. The lowest BCUT2D eigenvalue weighted by Gasteiger charge is -2.34. The molecule has 2 heterocycles. The summed E-state index contributed by atoms with van der Waals surface area (Å²) >= 11 is 0. The summed E-state index contributed by atoms with van der Waals surface area (Å²) in [5.74, 6) is 2.36. The predicted molar refractivity (Wildman–Crippen MR) is 115 cm³/mol. The summed E-state index contributed by atoms with van der Waals surface area (Å²) in [5.41, 5.74) is 0.589. The van der Waals surface area contributed by atoms with Gasteiger partial charge in [-0.25, -0.2) is 0 Å². The third-order valence-electron chi connectivity index (χ3n) is 5.77. The van der Waals surface area contributed by atoms with Gasteiger partial charge in [-0.15, -0.1) is 0 Å². The molecular formula is C24H25NO6. The predicted octanol–water partition coefficient (Wildman–Crippen LogP) is 3.36. The fraction of sp³-hybridized carbons (Fsp3) is 0.333. The molecule has 7 heteroatoms. The number of ketones is 1. The number of carbonyl (C=O) groups excluding carboxylic acids is 2. The summed E-state index contributed by atoms with van der Waals surface area (Å²) in [6, 6.07) is 10.6. The van der Waals surface area contributed by atoms with Crippen LogP contribution in [0.3, 0.4) is 0 Å². The number of hydrogen-bond acceptors (Lipinski definition) is 6. The van der Waals surface area contributed by atoms with E-state index in [1.807, 2.05) is 6.07 Å². The van der Waals surface area contributed by atoms with Crippen molar-refractivity contribution in [2.45, 2.75) is 18.4 Å². The van der Waals surface area contributed by atoms with Crippen molar-refractivity contribution in [1.29, 1.82) is 0 Å². The van der Waals surface area contributed by atoms with Crippen molar-refractivity contribution in [3.8, 4) is 23.0 Å². The van der Waals surface area contributed by atoms with E-state index in [9.17, 15) is 9.59 Å². The molecule has 0 bridgehead atoms. The number of hydrogen-bond donors (Lipinski definition) is 0. The zero-order chi connectivity index (χ0) is 22.0. The number of Topliss-reactive ketones (excluding diaryl/α,β-unsaturated/α-hetero) is 1. The number of benzene rings is 2. The van der Waals surface area contributed by atoms with E-state index in [-0.39, 0.29) is 18.1 Å². The minimum absolute atomic E-state index is 0.00566. The van der Waals surface area contributed by atoms with Crippen molar-refractivity contribution in [1.82, 2.24) is 4.90 Å². The molecule has 7 nitrogen and oxygen atoms in total. The molecule has 2 aromatic carbocycles. The summed E-state index contributed by atoms with van der Waals surface area (Å²) in [6.07, 6.45) is 4.07. The first-order valence-electron chi connectivity index (χ1n) is 10.1. The molecular weight excluding hydrogens is 398 g/mol. The van der Waals surface area contributed by atoms with Crippen LogP contribution in [-0.4, -0.2) is 56.6 Å².